The average Bonchev–Trinajstić information content (AvgIpc) is 2.23. The van der Waals surface area contributed by atoms with E-state index >= 15 is 0 Å². The van der Waals surface area contributed by atoms with Crippen molar-refractivity contribution in [3.63, 3.8) is 0 Å². The molecule has 0 saturated carbocycles. The van der Waals surface area contributed by atoms with Crippen LogP contribution in [-0.2, 0) is 19.1 Å². The number of ether oxygens (including phenoxy) is 2. The van der Waals surface area contributed by atoms with Crippen molar-refractivity contribution in [1.29, 1.82) is 0 Å². The van der Waals surface area contributed by atoms with Gasteiger partial charge in [-0.2, -0.15) is 0 Å². The minimum Gasteiger partial charge on any atom is -0.466 e. The fourth-order valence-electron chi connectivity index (χ4n) is 1.23. The SMILES string of the molecule is CCCCOC(=O)C[C@H](NC)C(=O)OC(C)(C)C. The van der Waals surface area contributed by atoms with E-state index in [9.17, 15) is 9.59 Å². The molecule has 0 fully saturated rings. The Morgan fingerprint density at radius 3 is 2.33 bits per heavy atom. The summed E-state index contributed by atoms with van der Waals surface area (Å²) in [5.74, 6) is -0.814. The van der Waals surface area contributed by atoms with E-state index in [0.717, 1.165) is 12.8 Å². The first-order valence-electron chi connectivity index (χ1n) is 6.36. The van der Waals surface area contributed by atoms with Crippen LogP contribution in [0.2, 0.25) is 0 Å². The number of rotatable bonds is 7. The van der Waals surface area contributed by atoms with Crippen LogP contribution in [0.4, 0.5) is 0 Å². The van der Waals surface area contributed by atoms with Crippen LogP contribution in [0.15, 0.2) is 0 Å². The minimum absolute atomic E-state index is 0.00483. The molecule has 0 aromatic carbocycles. The van der Waals surface area contributed by atoms with Crippen LogP contribution in [0.1, 0.15) is 47.0 Å². The molecule has 0 unspecified atom stereocenters. The van der Waals surface area contributed by atoms with Crippen molar-refractivity contribution in [2.45, 2.75) is 58.6 Å². The summed E-state index contributed by atoms with van der Waals surface area (Å²) in [5, 5.41) is 2.77. The van der Waals surface area contributed by atoms with Crippen molar-refractivity contribution in [3.05, 3.63) is 0 Å². The molecule has 0 radical (unpaired) electrons. The molecule has 106 valence electrons. The van der Waals surface area contributed by atoms with Crippen LogP contribution >= 0.6 is 0 Å². The Kier molecular flexibility index (Phi) is 7.59. The molecule has 18 heavy (non-hydrogen) atoms. The van der Waals surface area contributed by atoms with Crippen LogP contribution in [-0.4, -0.2) is 37.2 Å². The number of carbonyl (C=O) groups excluding carboxylic acids is 2. The second-order valence-electron chi connectivity index (χ2n) is 5.15. The third kappa shape index (κ3) is 8.06. The molecule has 0 spiro atoms. The fourth-order valence-corrected chi connectivity index (χ4v) is 1.23. The second-order valence-corrected chi connectivity index (χ2v) is 5.15. The Morgan fingerprint density at radius 2 is 1.89 bits per heavy atom. The van der Waals surface area contributed by atoms with Gasteiger partial charge in [-0.25, -0.2) is 0 Å². The predicted molar refractivity (Wildman–Crippen MR) is 69.2 cm³/mol. The van der Waals surface area contributed by atoms with Crippen LogP contribution < -0.4 is 5.32 Å². The molecule has 0 rings (SSSR count). The van der Waals surface area contributed by atoms with Crippen LogP contribution in [0.3, 0.4) is 0 Å². The van der Waals surface area contributed by atoms with Crippen LogP contribution in [0.5, 0.6) is 0 Å². The lowest BCUT2D eigenvalue weighted by Crippen LogP contribution is -2.41. The van der Waals surface area contributed by atoms with Crippen LogP contribution in [0.25, 0.3) is 0 Å². The van der Waals surface area contributed by atoms with E-state index in [4.69, 9.17) is 9.47 Å². The molecule has 0 amide bonds. The Labute approximate surface area is 109 Å². The van der Waals surface area contributed by atoms with Crippen molar-refractivity contribution in [2.75, 3.05) is 13.7 Å². The number of carbonyl (C=O) groups is 2. The highest BCUT2D eigenvalue weighted by Crippen LogP contribution is 2.10. The fraction of sp³-hybridized carbons (Fsp3) is 0.846. The molecule has 0 aromatic heterocycles. The molecule has 5 heteroatoms. The highest BCUT2D eigenvalue weighted by molar-refractivity contribution is 5.82. The van der Waals surface area contributed by atoms with E-state index in [1.165, 1.54) is 0 Å². The number of hydrogen-bond acceptors (Lipinski definition) is 5. The van der Waals surface area contributed by atoms with E-state index < -0.39 is 17.6 Å². The van der Waals surface area contributed by atoms with Gasteiger partial charge in [0, 0.05) is 0 Å². The Balaban J connectivity index is 4.17. The van der Waals surface area contributed by atoms with Gasteiger partial charge in [0.05, 0.1) is 13.0 Å². The topological polar surface area (TPSA) is 64.6 Å². The Hall–Kier alpha value is -1.10. The first-order chi connectivity index (χ1) is 8.30. The van der Waals surface area contributed by atoms with Gasteiger partial charge >= 0.3 is 11.9 Å². The maximum atomic E-state index is 11.8. The summed E-state index contributed by atoms with van der Waals surface area (Å²) in [5.41, 5.74) is -0.557. The minimum atomic E-state index is -0.654. The Bertz CT molecular complexity index is 271. The summed E-state index contributed by atoms with van der Waals surface area (Å²) in [7, 11) is 1.62. The van der Waals surface area contributed by atoms with Gasteiger partial charge < -0.3 is 14.8 Å². The zero-order valence-electron chi connectivity index (χ0n) is 12.0. The summed E-state index contributed by atoms with van der Waals surface area (Å²) in [6.07, 6.45) is 1.80. The molecule has 1 atom stereocenters. The van der Waals surface area contributed by atoms with Crippen molar-refractivity contribution in [2.24, 2.45) is 0 Å². The number of nitrogens with one attached hydrogen (secondary N) is 1. The van der Waals surface area contributed by atoms with Crippen molar-refractivity contribution in [3.8, 4) is 0 Å². The predicted octanol–water partition coefficient (Wildman–Crippen LogP) is 1.65. The largest absolute Gasteiger partial charge is 0.466 e. The lowest BCUT2D eigenvalue weighted by atomic mass is 10.1. The first kappa shape index (κ1) is 16.9. The summed E-state index contributed by atoms with van der Waals surface area (Å²) < 4.78 is 10.2. The van der Waals surface area contributed by atoms with Gasteiger partial charge in [-0.15, -0.1) is 0 Å². The monoisotopic (exact) mass is 259 g/mol. The van der Waals surface area contributed by atoms with Gasteiger partial charge in [0.25, 0.3) is 0 Å². The van der Waals surface area contributed by atoms with Gasteiger partial charge in [0.2, 0.25) is 0 Å². The number of unbranched alkanes of at least 4 members (excludes halogenated alkanes) is 1. The maximum absolute atomic E-state index is 11.8. The van der Waals surface area contributed by atoms with Gasteiger partial charge in [-0.3, -0.25) is 9.59 Å². The summed E-state index contributed by atoms with van der Waals surface area (Å²) in [4.78, 5) is 23.3. The third-order valence-corrected chi connectivity index (χ3v) is 2.17. The molecule has 0 bridgehead atoms. The normalized spacial score (nSPS) is 12.9. The van der Waals surface area contributed by atoms with Crippen molar-refractivity contribution >= 4 is 11.9 Å². The maximum Gasteiger partial charge on any atom is 0.324 e. The number of esters is 2. The lowest BCUT2D eigenvalue weighted by Gasteiger charge is -2.23. The summed E-state index contributed by atoms with van der Waals surface area (Å²) >= 11 is 0. The Morgan fingerprint density at radius 1 is 1.28 bits per heavy atom. The van der Waals surface area contributed by atoms with E-state index in [0.29, 0.717) is 6.61 Å². The zero-order valence-corrected chi connectivity index (χ0v) is 12.0. The second kappa shape index (κ2) is 8.08. The summed E-state index contributed by atoms with van der Waals surface area (Å²) in [6.45, 7) is 7.79. The average molecular weight is 259 g/mol. The molecule has 0 aromatic rings. The highest BCUT2D eigenvalue weighted by atomic mass is 16.6. The molecular formula is C13H25NO4. The van der Waals surface area contributed by atoms with Crippen molar-refractivity contribution < 1.29 is 19.1 Å². The molecule has 0 saturated heterocycles. The number of likely N-dealkylation sites (N-methyl/N-ethyl adjacent to an activating group) is 1. The lowest BCUT2D eigenvalue weighted by molar-refractivity contribution is -0.161. The van der Waals surface area contributed by atoms with E-state index in [-0.39, 0.29) is 12.4 Å². The van der Waals surface area contributed by atoms with Crippen LogP contribution in [0, 0.1) is 0 Å². The molecule has 0 aliphatic carbocycles. The third-order valence-electron chi connectivity index (χ3n) is 2.17. The van der Waals surface area contributed by atoms with E-state index in [1.54, 1.807) is 27.8 Å². The zero-order chi connectivity index (χ0) is 14.2. The molecule has 0 aliphatic rings. The van der Waals surface area contributed by atoms with Crippen molar-refractivity contribution in [1.82, 2.24) is 5.32 Å². The molecule has 1 N–H and O–H groups in total. The van der Waals surface area contributed by atoms with E-state index in [2.05, 4.69) is 5.32 Å². The smallest absolute Gasteiger partial charge is 0.324 e. The number of hydrogen-bond donors (Lipinski definition) is 1. The summed E-state index contributed by atoms with van der Waals surface area (Å²) in [6, 6.07) is -0.654. The van der Waals surface area contributed by atoms with Gasteiger partial charge in [0.1, 0.15) is 11.6 Å². The highest BCUT2D eigenvalue weighted by Gasteiger charge is 2.26. The van der Waals surface area contributed by atoms with E-state index in [1.807, 2.05) is 6.92 Å². The molecule has 5 nitrogen and oxygen atoms in total. The van der Waals surface area contributed by atoms with Gasteiger partial charge in [-0.05, 0) is 34.2 Å². The first-order valence-corrected chi connectivity index (χ1v) is 6.36. The standard InChI is InChI=1S/C13H25NO4/c1-6-7-8-17-11(15)9-10(14-5)12(16)18-13(2,3)4/h10,14H,6-9H2,1-5H3/t10-/m0/s1. The van der Waals surface area contributed by atoms with Gasteiger partial charge in [-0.1, -0.05) is 13.3 Å². The van der Waals surface area contributed by atoms with Gasteiger partial charge in [0.15, 0.2) is 0 Å². The molecule has 0 heterocycles. The quantitative estimate of drug-likeness (QED) is 0.556. The molecular weight excluding hydrogens is 234 g/mol. The molecule has 0 aliphatic heterocycles.